The van der Waals surface area contributed by atoms with E-state index >= 15 is 0 Å². The van der Waals surface area contributed by atoms with Gasteiger partial charge in [-0.05, 0) is 43.2 Å². The Hall–Kier alpha value is -2.33. The van der Waals surface area contributed by atoms with Gasteiger partial charge in [-0.25, -0.2) is 4.79 Å². The molecule has 0 aromatic heterocycles. The van der Waals surface area contributed by atoms with Crippen LogP contribution in [0, 0.1) is 13.8 Å². The third-order valence-electron chi connectivity index (χ3n) is 3.25. The van der Waals surface area contributed by atoms with Gasteiger partial charge in [-0.3, -0.25) is 4.79 Å². The Labute approximate surface area is 127 Å². The van der Waals surface area contributed by atoms with Gasteiger partial charge in [0, 0.05) is 10.6 Å². The van der Waals surface area contributed by atoms with Crippen LogP contribution in [0.25, 0.3) is 0 Å². The molecule has 0 atom stereocenters. The number of carboxylic acid groups (broad SMARTS) is 1. The summed E-state index contributed by atoms with van der Waals surface area (Å²) < 4.78 is 0. The highest BCUT2D eigenvalue weighted by Gasteiger charge is 2.17. The van der Waals surface area contributed by atoms with Crippen LogP contribution < -0.4 is 5.32 Å². The molecule has 0 saturated carbocycles. The molecule has 0 fully saturated rings. The molecular weight excluding hydrogens is 290 g/mol. The van der Waals surface area contributed by atoms with Crippen molar-refractivity contribution in [3.63, 3.8) is 0 Å². The molecule has 2 aromatic carbocycles. The monoisotopic (exact) mass is 303 g/mol. The van der Waals surface area contributed by atoms with Crippen molar-refractivity contribution in [2.75, 3.05) is 5.32 Å². The summed E-state index contributed by atoms with van der Waals surface area (Å²) >= 11 is 6.00. The molecule has 0 heterocycles. The SMILES string of the molecule is Cc1cccc(C(=O)O)c1NC(=O)c1cccc(Cl)c1C. The van der Waals surface area contributed by atoms with Gasteiger partial charge >= 0.3 is 5.97 Å². The van der Waals surface area contributed by atoms with Crippen LogP contribution in [0.4, 0.5) is 5.69 Å². The van der Waals surface area contributed by atoms with Crippen LogP contribution in [-0.2, 0) is 0 Å². The lowest BCUT2D eigenvalue weighted by molar-refractivity contribution is 0.0698. The maximum atomic E-state index is 12.4. The second kappa shape index (κ2) is 5.97. The standard InChI is InChI=1S/C16H14ClNO3/c1-9-5-3-7-12(16(20)21)14(9)18-15(19)11-6-4-8-13(17)10(11)2/h3-8H,1-2H3,(H,18,19)(H,20,21). The van der Waals surface area contributed by atoms with Crippen molar-refractivity contribution in [1.82, 2.24) is 0 Å². The number of rotatable bonds is 3. The molecule has 0 aliphatic carbocycles. The fourth-order valence-corrected chi connectivity index (χ4v) is 2.22. The number of benzene rings is 2. The number of aryl methyl sites for hydroxylation is 1. The molecule has 0 saturated heterocycles. The molecule has 2 N–H and O–H groups in total. The molecule has 2 rings (SSSR count). The smallest absolute Gasteiger partial charge is 0.337 e. The largest absolute Gasteiger partial charge is 0.478 e. The van der Waals surface area contributed by atoms with Gasteiger partial charge in [0.2, 0.25) is 0 Å². The van der Waals surface area contributed by atoms with E-state index in [-0.39, 0.29) is 11.5 Å². The molecule has 0 spiro atoms. The number of hydrogen-bond acceptors (Lipinski definition) is 2. The number of carboxylic acids is 1. The highest BCUT2D eigenvalue weighted by molar-refractivity contribution is 6.32. The number of carbonyl (C=O) groups excluding carboxylic acids is 1. The summed E-state index contributed by atoms with van der Waals surface area (Å²) in [5, 5.41) is 12.4. The first-order valence-electron chi connectivity index (χ1n) is 6.31. The van der Waals surface area contributed by atoms with Crippen molar-refractivity contribution >= 4 is 29.2 Å². The third kappa shape index (κ3) is 3.06. The number of anilines is 1. The van der Waals surface area contributed by atoms with E-state index in [1.54, 1.807) is 44.2 Å². The number of halogens is 1. The lowest BCUT2D eigenvalue weighted by Gasteiger charge is -2.13. The van der Waals surface area contributed by atoms with Gasteiger partial charge in [0.1, 0.15) is 0 Å². The summed E-state index contributed by atoms with van der Waals surface area (Å²) in [4.78, 5) is 23.6. The summed E-state index contributed by atoms with van der Waals surface area (Å²) in [7, 11) is 0. The summed E-state index contributed by atoms with van der Waals surface area (Å²) in [5.41, 5.74) is 2.12. The van der Waals surface area contributed by atoms with Crippen molar-refractivity contribution in [2.24, 2.45) is 0 Å². The summed E-state index contributed by atoms with van der Waals surface area (Å²) in [5.74, 6) is -1.47. The van der Waals surface area contributed by atoms with E-state index in [0.717, 1.165) is 0 Å². The summed E-state index contributed by atoms with van der Waals surface area (Å²) in [6, 6.07) is 9.86. The van der Waals surface area contributed by atoms with Crippen molar-refractivity contribution in [3.8, 4) is 0 Å². The fraction of sp³-hybridized carbons (Fsp3) is 0.125. The van der Waals surface area contributed by atoms with E-state index in [0.29, 0.717) is 27.4 Å². The Kier molecular flexibility index (Phi) is 4.29. The van der Waals surface area contributed by atoms with Gasteiger partial charge in [0.15, 0.2) is 0 Å². The van der Waals surface area contributed by atoms with E-state index < -0.39 is 5.97 Å². The molecule has 108 valence electrons. The minimum Gasteiger partial charge on any atom is -0.478 e. The molecule has 0 aliphatic rings. The van der Waals surface area contributed by atoms with Crippen LogP contribution in [0.2, 0.25) is 5.02 Å². The molecule has 21 heavy (non-hydrogen) atoms. The highest BCUT2D eigenvalue weighted by Crippen LogP contribution is 2.24. The minimum atomic E-state index is -1.09. The minimum absolute atomic E-state index is 0.0584. The Morgan fingerprint density at radius 3 is 2.33 bits per heavy atom. The Morgan fingerprint density at radius 2 is 1.67 bits per heavy atom. The van der Waals surface area contributed by atoms with E-state index in [4.69, 9.17) is 11.6 Å². The zero-order valence-corrected chi connectivity index (χ0v) is 12.4. The maximum Gasteiger partial charge on any atom is 0.337 e. The first kappa shape index (κ1) is 15.1. The van der Waals surface area contributed by atoms with Crippen molar-refractivity contribution in [3.05, 3.63) is 63.7 Å². The number of carbonyl (C=O) groups is 2. The number of nitrogens with one attached hydrogen (secondary N) is 1. The van der Waals surface area contributed by atoms with Gasteiger partial charge in [-0.15, -0.1) is 0 Å². The molecule has 0 unspecified atom stereocenters. The summed E-state index contributed by atoms with van der Waals surface area (Å²) in [6.45, 7) is 3.49. The lowest BCUT2D eigenvalue weighted by atomic mass is 10.1. The molecule has 0 aliphatic heterocycles. The van der Waals surface area contributed by atoms with Gasteiger partial charge < -0.3 is 10.4 Å². The zero-order chi connectivity index (χ0) is 15.6. The van der Waals surface area contributed by atoms with E-state index in [2.05, 4.69) is 5.32 Å². The predicted molar refractivity (Wildman–Crippen MR) is 82.3 cm³/mol. The molecule has 2 aromatic rings. The Morgan fingerprint density at radius 1 is 1.05 bits per heavy atom. The topological polar surface area (TPSA) is 66.4 Å². The lowest BCUT2D eigenvalue weighted by Crippen LogP contribution is -2.17. The van der Waals surface area contributed by atoms with Gasteiger partial charge in [0.25, 0.3) is 5.91 Å². The van der Waals surface area contributed by atoms with Crippen LogP contribution in [0.5, 0.6) is 0 Å². The average Bonchev–Trinajstić information content (AvgIpc) is 2.43. The van der Waals surface area contributed by atoms with Gasteiger partial charge in [-0.1, -0.05) is 29.8 Å². The fourth-order valence-electron chi connectivity index (χ4n) is 2.05. The predicted octanol–water partition coefficient (Wildman–Crippen LogP) is 3.91. The van der Waals surface area contributed by atoms with E-state index in [1.165, 1.54) is 6.07 Å². The highest BCUT2D eigenvalue weighted by atomic mass is 35.5. The third-order valence-corrected chi connectivity index (χ3v) is 3.66. The van der Waals surface area contributed by atoms with Crippen molar-refractivity contribution in [1.29, 1.82) is 0 Å². The van der Waals surface area contributed by atoms with E-state index in [1.807, 2.05) is 0 Å². The average molecular weight is 304 g/mol. The summed E-state index contributed by atoms with van der Waals surface area (Å²) in [6.07, 6.45) is 0. The molecule has 5 heteroatoms. The number of amides is 1. The van der Waals surface area contributed by atoms with Crippen LogP contribution in [-0.4, -0.2) is 17.0 Å². The van der Waals surface area contributed by atoms with E-state index in [9.17, 15) is 14.7 Å². The van der Waals surface area contributed by atoms with Crippen LogP contribution in [0.3, 0.4) is 0 Å². The quantitative estimate of drug-likeness (QED) is 0.903. The number of aromatic carboxylic acids is 1. The number of para-hydroxylation sites is 1. The van der Waals surface area contributed by atoms with Crippen molar-refractivity contribution < 1.29 is 14.7 Å². The molecule has 0 radical (unpaired) electrons. The molecule has 0 bridgehead atoms. The molecule has 4 nitrogen and oxygen atoms in total. The normalized spacial score (nSPS) is 10.2. The van der Waals surface area contributed by atoms with Gasteiger partial charge in [-0.2, -0.15) is 0 Å². The second-order valence-corrected chi connectivity index (χ2v) is 5.08. The first-order valence-corrected chi connectivity index (χ1v) is 6.69. The Balaban J connectivity index is 2.41. The van der Waals surface area contributed by atoms with Crippen LogP contribution in [0.1, 0.15) is 31.8 Å². The molecule has 1 amide bonds. The van der Waals surface area contributed by atoms with Crippen LogP contribution in [0.15, 0.2) is 36.4 Å². The van der Waals surface area contributed by atoms with Crippen molar-refractivity contribution in [2.45, 2.75) is 13.8 Å². The maximum absolute atomic E-state index is 12.4. The molecular formula is C16H14ClNO3. The van der Waals surface area contributed by atoms with Crippen LogP contribution >= 0.6 is 11.6 Å². The first-order chi connectivity index (χ1) is 9.91. The Bertz CT molecular complexity index is 725. The second-order valence-electron chi connectivity index (χ2n) is 4.67. The zero-order valence-electron chi connectivity index (χ0n) is 11.6. The van der Waals surface area contributed by atoms with Gasteiger partial charge in [0.05, 0.1) is 11.3 Å². The number of hydrogen-bond donors (Lipinski definition) is 2.